The van der Waals surface area contributed by atoms with Crippen molar-refractivity contribution < 1.29 is 5.21 Å². The largest absolute Gasteiger partial charge is 0.409 e. The molecule has 0 spiro atoms. The van der Waals surface area contributed by atoms with Crippen LogP contribution >= 0.6 is 11.6 Å². The quantitative estimate of drug-likeness (QED) is 0.380. The Kier molecular flexibility index (Phi) is 3.35. The first-order valence-electron chi connectivity index (χ1n) is 5.08. The number of aromatic nitrogens is 1. The maximum atomic E-state index is 8.86. The second kappa shape index (κ2) is 4.93. The SMILES string of the molecule is NC(=NO)[C@@H](c1ccccc1Cl)n1cccc1. The normalized spacial score (nSPS) is 13.6. The highest BCUT2D eigenvalue weighted by Crippen LogP contribution is 2.26. The van der Waals surface area contributed by atoms with Crippen molar-refractivity contribution in [2.75, 3.05) is 0 Å². The van der Waals surface area contributed by atoms with E-state index in [9.17, 15) is 0 Å². The summed E-state index contributed by atoms with van der Waals surface area (Å²) in [4.78, 5) is 0. The van der Waals surface area contributed by atoms with E-state index in [4.69, 9.17) is 22.5 Å². The van der Waals surface area contributed by atoms with Gasteiger partial charge in [0.05, 0.1) is 0 Å². The van der Waals surface area contributed by atoms with Crippen LogP contribution in [0.15, 0.2) is 53.9 Å². The molecule has 0 fully saturated rings. The molecular formula is C12H12ClN3O. The van der Waals surface area contributed by atoms with Crippen LogP contribution in [0.25, 0.3) is 0 Å². The molecular weight excluding hydrogens is 238 g/mol. The number of amidine groups is 1. The lowest BCUT2D eigenvalue weighted by atomic mass is 10.1. The first kappa shape index (κ1) is 11.5. The van der Waals surface area contributed by atoms with E-state index in [1.807, 2.05) is 47.3 Å². The van der Waals surface area contributed by atoms with Gasteiger partial charge in [-0.2, -0.15) is 0 Å². The second-order valence-electron chi connectivity index (χ2n) is 3.58. The first-order chi connectivity index (χ1) is 8.24. The smallest absolute Gasteiger partial charge is 0.166 e. The Morgan fingerprint density at radius 2 is 1.88 bits per heavy atom. The molecule has 4 nitrogen and oxygen atoms in total. The highest BCUT2D eigenvalue weighted by atomic mass is 35.5. The molecule has 0 saturated heterocycles. The van der Waals surface area contributed by atoms with Crippen LogP contribution in [0.2, 0.25) is 5.02 Å². The maximum Gasteiger partial charge on any atom is 0.166 e. The minimum atomic E-state index is -0.399. The molecule has 0 bridgehead atoms. The molecule has 0 aliphatic heterocycles. The highest BCUT2D eigenvalue weighted by Gasteiger charge is 2.20. The van der Waals surface area contributed by atoms with Crippen molar-refractivity contribution in [3.63, 3.8) is 0 Å². The van der Waals surface area contributed by atoms with E-state index in [0.717, 1.165) is 5.56 Å². The fourth-order valence-electron chi connectivity index (χ4n) is 1.74. The number of rotatable bonds is 3. The summed E-state index contributed by atoms with van der Waals surface area (Å²) in [5, 5.41) is 12.5. The Hall–Kier alpha value is -1.94. The molecule has 3 N–H and O–H groups in total. The summed E-state index contributed by atoms with van der Waals surface area (Å²) in [7, 11) is 0. The van der Waals surface area contributed by atoms with Crippen LogP contribution in [-0.4, -0.2) is 15.6 Å². The molecule has 2 rings (SSSR count). The van der Waals surface area contributed by atoms with Gasteiger partial charge in [0.1, 0.15) is 6.04 Å². The Bertz CT molecular complexity index is 522. The van der Waals surface area contributed by atoms with Crippen molar-refractivity contribution in [1.82, 2.24) is 4.57 Å². The van der Waals surface area contributed by atoms with Crippen LogP contribution in [0.5, 0.6) is 0 Å². The number of nitrogens with two attached hydrogens (primary N) is 1. The molecule has 1 aromatic carbocycles. The Morgan fingerprint density at radius 3 is 2.47 bits per heavy atom. The summed E-state index contributed by atoms with van der Waals surface area (Å²) in [6, 6.07) is 10.7. The van der Waals surface area contributed by atoms with Gasteiger partial charge >= 0.3 is 0 Å². The molecule has 1 heterocycles. The van der Waals surface area contributed by atoms with Crippen molar-refractivity contribution in [3.8, 4) is 0 Å². The molecule has 1 atom stereocenters. The van der Waals surface area contributed by atoms with Gasteiger partial charge in [0.25, 0.3) is 0 Å². The van der Waals surface area contributed by atoms with E-state index in [1.54, 1.807) is 6.07 Å². The standard InChI is InChI=1S/C12H12ClN3O/c13-10-6-2-1-5-9(10)11(12(14)15-17)16-7-3-4-8-16/h1-8,11,17H,(H2,14,15)/t11-/m1/s1. The van der Waals surface area contributed by atoms with Crippen molar-refractivity contribution in [2.24, 2.45) is 10.9 Å². The van der Waals surface area contributed by atoms with Gasteiger partial charge in [0.15, 0.2) is 5.84 Å². The van der Waals surface area contributed by atoms with Gasteiger partial charge in [-0.1, -0.05) is 35.0 Å². The molecule has 0 unspecified atom stereocenters. The van der Waals surface area contributed by atoms with Gasteiger partial charge in [-0.05, 0) is 18.2 Å². The molecule has 0 aliphatic rings. The summed E-state index contributed by atoms with van der Waals surface area (Å²) < 4.78 is 1.83. The number of hydrogen-bond donors (Lipinski definition) is 2. The number of benzene rings is 1. The van der Waals surface area contributed by atoms with Gasteiger partial charge in [-0.25, -0.2) is 0 Å². The number of hydrogen-bond acceptors (Lipinski definition) is 2. The van der Waals surface area contributed by atoms with Gasteiger partial charge < -0.3 is 15.5 Å². The molecule has 0 amide bonds. The Labute approximate surface area is 104 Å². The number of nitrogens with zero attached hydrogens (tertiary/aromatic N) is 2. The first-order valence-corrected chi connectivity index (χ1v) is 5.46. The van der Waals surface area contributed by atoms with E-state index in [0.29, 0.717) is 5.02 Å². The minimum absolute atomic E-state index is 0.0919. The van der Waals surface area contributed by atoms with Crippen molar-refractivity contribution in [2.45, 2.75) is 6.04 Å². The predicted molar refractivity (Wildman–Crippen MR) is 67.4 cm³/mol. The monoisotopic (exact) mass is 249 g/mol. The van der Waals surface area contributed by atoms with Crippen molar-refractivity contribution in [3.05, 3.63) is 59.4 Å². The van der Waals surface area contributed by atoms with E-state index in [1.165, 1.54) is 0 Å². The lowest BCUT2D eigenvalue weighted by Crippen LogP contribution is -2.27. The minimum Gasteiger partial charge on any atom is -0.409 e. The fraction of sp³-hybridized carbons (Fsp3) is 0.0833. The summed E-state index contributed by atoms with van der Waals surface area (Å²) >= 11 is 6.13. The maximum absolute atomic E-state index is 8.86. The van der Waals surface area contributed by atoms with Gasteiger partial charge in [0.2, 0.25) is 0 Å². The summed E-state index contributed by atoms with van der Waals surface area (Å²) in [5.74, 6) is 0.0919. The molecule has 0 radical (unpaired) electrons. The second-order valence-corrected chi connectivity index (χ2v) is 3.99. The van der Waals surface area contributed by atoms with Gasteiger partial charge in [-0.15, -0.1) is 0 Å². The third-order valence-electron chi connectivity index (χ3n) is 2.52. The highest BCUT2D eigenvalue weighted by molar-refractivity contribution is 6.31. The zero-order valence-electron chi connectivity index (χ0n) is 8.99. The lowest BCUT2D eigenvalue weighted by molar-refractivity contribution is 0.315. The van der Waals surface area contributed by atoms with Crippen LogP contribution < -0.4 is 5.73 Å². The van der Waals surface area contributed by atoms with E-state index in [-0.39, 0.29) is 5.84 Å². The average Bonchev–Trinajstić information content (AvgIpc) is 2.85. The van der Waals surface area contributed by atoms with Crippen LogP contribution in [0.1, 0.15) is 11.6 Å². The van der Waals surface area contributed by atoms with Crippen LogP contribution in [0.4, 0.5) is 0 Å². The van der Waals surface area contributed by atoms with Crippen LogP contribution in [0, 0.1) is 0 Å². The van der Waals surface area contributed by atoms with Crippen molar-refractivity contribution >= 4 is 17.4 Å². The number of oxime groups is 1. The fourth-order valence-corrected chi connectivity index (χ4v) is 1.98. The molecule has 17 heavy (non-hydrogen) atoms. The van der Waals surface area contributed by atoms with Crippen LogP contribution in [0.3, 0.4) is 0 Å². The summed E-state index contributed by atoms with van der Waals surface area (Å²) in [6.07, 6.45) is 3.68. The van der Waals surface area contributed by atoms with E-state index >= 15 is 0 Å². The zero-order chi connectivity index (χ0) is 12.3. The van der Waals surface area contributed by atoms with Gasteiger partial charge in [0, 0.05) is 23.0 Å². The van der Waals surface area contributed by atoms with Gasteiger partial charge in [-0.3, -0.25) is 0 Å². The van der Waals surface area contributed by atoms with E-state index in [2.05, 4.69) is 5.16 Å². The Morgan fingerprint density at radius 1 is 1.24 bits per heavy atom. The molecule has 5 heteroatoms. The molecule has 0 aliphatic carbocycles. The third kappa shape index (κ3) is 2.26. The molecule has 1 aromatic heterocycles. The molecule has 0 saturated carbocycles. The Balaban J connectivity index is 2.52. The van der Waals surface area contributed by atoms with Crippen LogP contribution in [-0.2, 0) is 0 Å². The topological polar surface area (TPSA) is 63.5 Å². The van der Waals surface area contributed by atoms with Crippen molar-refractivity contribution in [1.29, 1.82) is 0 Å². The van der Waals surface area contributed by atoms with E-state index < -0.39 is 6.04 Å². The summed E-state index contributed by atoms with van der Waals surface area (Å²) in [6.45, 7) is 0. The summed E-state index contributed by atoms with van der Waals surface area (Å²) in [5.41, 5.74) is 6.52. The average molecular weight is 250 g/mol. The number of halogens is 1. The molecule has 88 valence electrons. The zero-order valence-corrected chi connectivity index (χ0v) is 9.75. The molecule has 2 aromatic rings. The lowest BCUT2D eigenvalue weighted by Gasteiger charge is -2.19. The predicted octanol–water partition coefficient (Wildman–Crippen LogP) is 2.48. The third-order valence-corrected chi connectivity index (χ3v) is 2.87.